The van der Waals surface area contributed by atoms with E-state index in [0.717, 1.165) is 32.5 Å². The zero-order valence-electron chi connectivity index (χ0n) is 10.3. The number of unbranched alkanes of at least 4 members (excludes halogenated alkanes) is 3. The molecule has 0 aliphatic carbocycles. The van der Waals surface area contributed by atoms with Crippen molar-refractivity contribution in [2.75, 3.05) is 19.6 Å². The molecule has 1 atom stereocenters. The van der Waals surface area contributed by atoms with Gasteiger partial charge < -0.3 is 16.8 Å². The van der Waals surface area contributed by atoms with E-state index < -0.39 is 0 Å². The fourth-order valence-corrected chi connectivity index (χ4v) is 1.71. The molecule has 0 fully saturated rings. The van der Waals surface area contributed by atoms with Crippen LogP contribution in [0.3, 0.4) is 0 Å². The highest BCUT2D eigenvalue weighted by Crippen LogP contribution is 2.07. The van der Waals surface area contributed by atoms with Crippen LogP contribution in [0.4, 0.5) is 0 Å². The van der Waals surface area contributed by atoms with Crippen LogP contribution in [0.25, 0.3) is 0 Å². The van der Waals surface area contributed by atoms with E-state index in [-0.39, 0.29) is 0 Å². The summed E-state index contributed by atoms with van der Waals surface area (Å²) in [4.78, 5) is 0. The molecule has 0 heterocycles. The first-order valence-corrected chi connectivity index (χ1v) is 6.47. The molecule has 0 spiro atoms. The van der Waals surface area contributed by atoms with Crippen LogP contribution >= 0.6 is 0 Å². The predicted molar refractivity (Wildman–Crippen MR) is 67.9 cm³/mol. The number of rotatable bonds is 11. The van der Waals surface area contributed by atoms with Crippen molar-refractivity contribution in [1.29, 1.82) is 0 Å². The van der Waals surface area contributed by atoms with Crippen LogP contribution in [0.15, 0.2) is 0 Å². The molecule has 0 amide bonds. The Balaban J connectivity index is 3.08. The summed E-state index contributed by atoms with van der Waals surface area (Å²) in [5.41, 5.74) is 11.5. The van der Waals surface area contributed by atoms with Gasteiger partial charge in [0.1, 0.15) is 0 Å². The Morgan fingerprint density at radius 2 is 1.67 bits per heavy atom. The van der Waals surface area contributed by atoms with E-state index in [0.29, 0.717) is 6.04 Å². The lowest BCUT2D eigenvalue weighted by atomic mass is 10.0. The summed E-state index contributed by atoms with van der Waals surface area (Å²) < 4.78 is 0. The SMILES string of the molecule is CCNCCCC(N)CCCCCCN. The fraction of sp³-hybridized carbons (Fsp3) is 1.00. The van der Waals surface area contributed by atoms with Crippen molar-refractivity contribution in [3.05, 3.63) is 0 Å². The summed E-state index contributed by atoms with van der Waals surface area (Å²) in [6.45, 7) is 5.14. The molecule has 0 aromatic rings. The van der Waals surface area contributed by atoms with E-state index in [2.05, 4.69) is 12.2 Å². The lowest BCUT2D eigenvalue weighted by Crippen LogP contribution is -2.22. The van der Waals surface area contributed by atoms with Crippen molar-refractivity contribution in [3.63, 3.8) is 0 Å². The van der Waals surface area contributed by atoms with Gasteiger partial charge in [0.2, 0.25) is 0 Å². The number of hydrogen-bond acceptors (Lipinski definition) is 3. The maximum absolute atomic E-state index is 6.02. The van der Waals surface area contributed by atoms with Crippen molar-refractivity contribution >= 4 is 0 Å². The maximum Gasteiger partial charge on any atom is 0.00393 e. The minimum absolute atomic E-state index is 0.404. The first kappa shape index (κ1) is 14.9. The second-order valence-electron chi connectivity index (χ2n) is 4.25. The van der Waals surface area contributed by atoms with Crippen molar-refractivity contribution < 1.29 is 0 Å². The summed E-state index contributed by atoms with van der Waals surface area (Å²) in [5, 5.41) is 3.32. The van der Waals surface area contributed by atoms with Crippen LogP contribution in [0.1, 0.15) is 51.9 Å². The molecule has 0 aliphatic rings. The van der Waals surface area contributed by atoms with Gasteiger partial charge in [-0.3, -0.25) is 0 Å². The van der Waals surface area contributed by atoms with Gasteiger partial charge in [0.25, 0.3) is 0 Å². The Labute approximate surface area is 95.0 Å². The lowest BCUT2D eigenvalue weighted by molar-refractivity contribution is 0.496. The topological polar surface area (TPSA) is 64.1 Å². The summed E-state index contributed by atoms with van der Waals surface area (Å²) >= 11 is 0. The zero-order chi connectivity index (χ0) is 11.4. The average Bonchev–Trinajstić information content (AvgIpc) is 2.24. The Kier molecular flexibility index (Phi) is 11.9. The monoisotopic (exact) mass is 215 g/mol. The molecule has 0 aromatic heterocycles. The third kappa shape index (κ3) is 11.8. The van der Waals surface area contributed by atoms with Gasteiger partial charge in [-0.15, -0.1) is 0 Å². The van der Waals surface area contributed by atoms with E-state index in [1.165, 1.54) is 32.1 Å². The van der Waals surface area contributed by atoms with Crippen molar-refractivity contribution in [3.8, 4) is 0 Å². The molecule has 0 bridgehead atoms. The summed E-state index contributed by atoms with van der Waals surface area (Å²) in [6.07, 6.45) is 8.52. The Hall–Kier alpha value is -0.120. The highest BCUT2D eigenvalue weighted by molar-refractivity contribution is 4.62. The molecule has 1 unspecified atom stereocenters. The highest BCUT2D eigenvalue weighted by Gasteiger charge is 2.01. The Bertz CT molecular complexity index is 117. The van der Waals surface area contributed by atoms with Gasteiger partial charge >= 0.3 is 0 Å². The van der Waals surface area contributed by atoms with E-state index >= 15 is 0 Å². The molecule has 0 saturated carbocycles. The van der Waals surface area contributed by atoms with E-state index in [9.17, 15) is 0 Å². The van der Waals surface area contributed by atoms with Gasteiger partial charge in [-0.1, -0.05) is 26.2 Å². The molecule has 15 heavy (non-hydrogen) atoms. The average molecular weight is 215 g/mol. The van der Waals surface area contributed by atoms with Gasteiger partial charge in [0.05, 0.1) is 0 Å². The predicted octanol–water partition coefficient (Wildman–Crippen LogP) is 1.61. The molecule has 0 aromatic carbocycles. The second kappa shape index (κ2) is 12.0. The molecule has 3 nitrogen and oxygen atoms in total. The summed E-state index contributed by atoms with van der Waals surface area (Å²) in [6, 6.07) is 0.404. The van der Waals surface area contributed by atoms with Crippen LogP contribution in [-0.4, -0.2) is 25.7 Å². The van der Waals surface area contributed by atoms with E-state index in [1.807, 2.05) is 0 Å². The Morgan fingerprint density at radius 3 is 2.33 bits per heavy atom. The molecule has 3 heteroatoms. The van der Waals surface area contributed by atoms with E-state index in [1.54, 1.807) is 0 Å². The maximum atomic E-state index is 6.02. The summed E-state index contributed by atoms with van der Waals surface area (Å²) in [5.74, 6) is 0. The van der Waals surface area contributed by atoms with Gasteiger partial charge in [-0.25, -0.2) is 0 Å². The van der Waals surface area contributed by atoms with Gasteiger partial charge in [0.15, 0.2) is 0 Å². The standard InChI is InChI=1S/C12H29N3/c1-2-15-11-7-9-12(14)8-5-3-4-6-10-13/h12,15H,2-11,13-14H2,1H3. The largest absolute Gasteiger partial charge is 0.330 e. The third-order valence-corrected chi connectivity index (χ3v) is 2.71. The number of nitrogens with one attached hydrogen (secondary N) is 1. The highest BCUT2D eigenvalue weighted by atomic mass is 14.8. The van der Waals surface area contributed by atoms with Crippen LogP contribution in [-0.2, 0) is 0 Å². The minimum Gasteiger partial charge on any atom is -0.330 e. The van der Waals surface area contributed by atoms with Gasteiger partial charge in [0, 0.05) is 6.04 Å². The first-order valence-electron chi connectivity index (χ1n) is 6.47. The molecular formula is C12H29N3. The van der Waals surface area contributed by atoms with Crippen molar-refractivity contribution in [1.82, 2.24) is 5.32 Å². The quantitative estimate of drug-likeness (QED) is 0.459. The van der Waals surface area contributed by atoms with Crippen LogP contribution in [0.2, 0.25) is 0 Å². The molecule has 0 aliphatic heterocycles. The second-order valence-corrected chi connectivity index (χ2v) is 4.25. The van der Waals surface area contributed by atoms with E-state index in [4.69, 9.17) is 11.5 Å². The molecule has 5 N–H and O–H groups in total. The van der Waals surface area contributed by atoms with Crippen LogP contribution in [0.5, 0.6) is 0 Å². The number of nitrogens with two attached hydrogens (primary N) is 2. The summed E-state index contributed by atoms with van der Waals surface area (Å²) in [7, 11) is 0. The van der Waals surface area contributed by atoms with Crippen molar-refractivity contribution in [2.24, 2.45) is 11.5 Å². The molecular weight excluding hydrogens is 186 g/mol. The normalized spacial score (nSPS) is 13.0. The fourth-order valence-electron chi connectivity index (χ4n) is 1.71. The Morgan fingerprint density at radius 1 is 1.00 bits per heavy atom. The van der Waals surface area contributed by atoms with Crippen LogP contribution < -0.4 is 16.8 Å². The first-order chi connectivity index (χ1) is 7.31. The lowest BCUT2D eigenvalue weighted by Gasteiger charge is -2.11. The molecule has 0 saturated heterocycles. The zero-order valence-corrected chi connectivity index (χ0v) is 10.3. The molecule has 92 valence electrons. The molecule has 0 radical (unpaired) electrons. The minimum atomic E-state index is 0.404. The van der Waals surface area contributed by atoms with Crippen LogP contribution in [0, 0.1) is 0 Å². The van der Waals surface area contributed by atoms with Gasteiger partial charge in [-0.2, -0.15) is 0 Å². The molecule has 0 rings (SSSR count). The van der Waals surface area contributed by atoms with Crippen molar-refractivity contribution in [2.45, 2.75) is 57.9 Å². The smallest absolute Gasteiger partial charge is 0.00393 e. The number of hydrogen-bond donors (Lipinski definition) is 3. The van der Waals surface area contributed by atoms with Gasteiger partial charge in [-0.05, 0) is 45.3 Å². The third-order valence-electron chi connectivity index (χ3n) is 2.71.